The molecule has 5 rings (SSSR count). The van der Waals surface area contributed by atoms with Gasteiger partial charge in [0.05, 0.1) is 22.3 Å². The van der Waals surface area contributed by atoms with E-state index < -0.39 is 10.0 Å². The average molecular weight is 535 g/mol. The molecule has 35 heavy (non-hydrogen) atoms. The first-order valence-corrected chi connectivity index (χ1v) is 13.3. The van der Waals surface area contributed by atoms with E-state index in [2.05, 4.69) is 32.4 Å². The molecule has 2 aromatic carbocycles. The lowest BCUT2D eigenvalue weighted by Gasteiger charge is -2.34. The summed E-state index contributed by atoms with van der Waals surface area (Å²) in [4.78, 5) is 17.3. The number of anilines is 2. The molecule has 0 aliphatic carbocycles. The lowest BCUT2D eigenvalue weighted by atomic mass is 10.1. The molecular weight excluding hydrogens is 511 g/mol. The minimum Gasteiger partial charge on any atom is -0.369 e. The fraction of sp³-hybridized carbons (Fsp3) is 0.304. The van der Waals surface area contributed by atoms with Crippen LogP contribution in [-0.4, -0.2) is 67.0 Å². The van der Waals surface area contributed by atoms with Crippen LogP contribution in [0.4, 0.5) is 11.5 Å². The van der Waals surface area contributed by atoms with Crippen molar-refractivity contribution in [2.45, 2.75) is 18.0 Å². The highest BCUT2D eigenvalue weighted by Crippen LogP contribution is 2.36. The van der Waals surface area contributed by atoms with Gasteiger partial charge in [-0.15, -0.1) is 0 Å². The second-order valence-electron chi connectivity index (χ2n) is 8.64. The molecule has 1 fully saturated rings. The maximum Gasteiger partial charge on any atom is 0.256 e. The molecule has 1 aromatic heterocycles. The quantitative estimate of drug-likeness (QED) is 0.519. The number of carbonyl (C=O) groups excluding carboxylic acids is 1. The van der Waals surface area contributed by atoms with Gasteiger partial charge in [-0.2, -0.15) is 9.40 Å². The largest absolute Gasteiger partial charge is 0.369 e. The van der Waals surface area contributed by atoms with Crippen LogP contribution in [-0.2, 0) is 23.1 Å². The Morgan fingerprint density at radius 2 is 1.66 bits per heavy atom. The summed E-state index contributed by atoms with van der Waals surface area (Å²) in [5.74, 6) is -0.0178. The molecule has 1 saturated heterocycles. The topological polar surface area (TPSA) is 102 Å². The molecule has 0 radical (unpaired) electrons. The van der Waals surface area contributed by atoms with E-state index in [1.807, 2.05) is 12.1 Å². The number of H-pyrrole nitrogens is 1. The van der Waals surface area contributed by atoms with Crippen LogP contribution in [0.1, 0.15) is 21.6 Å². The van der Waals surface area contributed by atoms with Crippen LogP contribution in [0.5, 0.6) is 0 Å². The molecule has 0 unspecified atom stereocenters. The third-order valence-electron chi connectivity index (χ3n) is 6.37. The molecule has 3 heterocycles. The Hall–Kier alpha value is -2.63. The number of carbonyl (C=O) groups is 1. The summed E-state index contributed by atoms with van der Waals surface area (Å²) in [7, 11) is -1.84. The maximum atomic E-state index is 13.2. The Bertz CT molecular complexity index is 1350. The number of aromatic amines is 1. The Balaban J connectivity index is 1.29. The van der Waals surface area contributed by atoms with E-state index in [0.717, 1.165) is 31.9 Å². The van der Waals surface area contributed by atoms with Crippen LogP contribution in [0.25, 0.3) is 0 Å². The number of amides is 1. The van der Waals surface area contributed by atoms with E-state index in [-0.39, 0.29) is 33.9 Å². The van der Waals surface area contributed by atoms with Crippen molar-refractivity contribution in [1.29, 1.82) is 0 Å². The first-order chi connectivity index (χ1) is 16.7. The van der Waals surface area contributed by atoms with Crippen molar-refractivity contribution in [1.82, 2.24) is 19.4 Å². The number of likely N-dealkylation sites (N-methyl/N-ethyl adjacent to an activating group) is 1. The Morgan fingerprint density at radius 3 is 2.31 bits per heavy atom. The van der Waals surface area contributed by atoms with Gasteiger partial charge < -0.3 is 15.1 Å². The molecule has 12 heteroatoms. The molecule has 0 atom stereocenters. The Kier molecular flexibility index (Phi) is 6.49. The number of hydrogen-bond donors (Lipinski definition) is 2. The minimum atomic E-state index is -3.95. The first-order valence-electron chi connectivity index (χ1n) is 11.1. The van der Waals surface area contributed by atoms with Gasteiger partial charge in [0.15, 0.2) is 5.82 Å². The smallest absolute Gasteiger partial charge is 0.256 e. The SMILES string of the molecule is CN1CCN(c2ccc(C(=O)Nc3n[nH]c4c3CN(S(=O)(=O)c3c(Cl)cccc3Cl)C4)cc2)CC1. The van der Waals surface area contributed by atoms with Crippen LogP contribution < -0.4 is 10.2 Å². The number of hydrogen-bond acceptors (Lipinski definition) is 6. The highest BCUT2D eigenvalue weighted by Gasteiger charge is 2.36. The zero-order chi connectivity index (χ0) is 24.7. The summed E-state index contributed by atoms with van der Waals surface area (Å²) in [6.45, 7) is 4.00. The number of nitrogens with one attached hydrogen (secondary N) is 2. The zero-order valence-corrected chi connectivity index (χ0v) is 21.3. The molecule has 2 aliphatic rings. The predicted octanol–water partition coefficient (Wildman–Crippen LogP) is 3.43. The molecule has 2 aliphatic heterocycles. The van der Waals surface area contributed by atoms with Crippen molar-refractivity contribution >= 4 is 50.6 Å². The monoisotopic (exact) mass is 534 g/mol. The molecule has 0 spiro atoms. The Labute approximate surface area is 213 Å². The molecule has 9 nitrogen and oxygen atoms in total. The second-order valence-corrected chi connectivity index (χ2v) is 11.3. The molecular formula is C23H24Cl2N6O3S. The summed E-state index contributed by atoms with van der Waals surface area (Å²) in [5.41, 5.74) is 2.79. The van der Waals surface area contributed by atoms with Crippen molar-refractivity contribution in [2.24, 2.45) is 0 Å². The minimum absolute atomic E-state index is 0.0354. The van der Waals surface area contributed by atoms with Gasteiger partial charge >= 0.3 is 0 Å². The van der Waals surface area contributed by atoms with E-state index in [1.165, 1.54) is 16.4 Å². The van der Waals surface area contributed by atoms with Crippen molar-refractivity contribution in [2.75, 3.05) is 43.4 Å². The fourth-order valence-corrected chi connectivity index (χ4v) is 6.78. The van der Waals surface area contributed by atoms with Crippen LogP contribution in [0.15, 0.2) is 47.4 Å². The zero-order valence-electron chi connectivity index (χ0n) is 19.0. The number of sulfonamides is 1. The molecule has 3 aromatic rings. The fourth-order valence-electron chi connectivity index (χ4n) is 4.31. The summed E-state index contributed by atoms with van der Waals surface area (Å²) in [6, 6.07) is 12.0. The first kappa shape index (κ1) is 24.1. The molecule has 0 bridgehead atoms. The second kappa shape index (κ2) is 9.44. The summed E-state index contributed by atoms with van der Waals surface area (Å²) in [5, 5.41) is 9.93. The van der Waals surface area contributed by atoms with E-state index >= 15 is 0 Å². The number of rotatable bonds is 5. The van der Waals surface area contributed by atoms with Crippen molar-refractivity contribution in [3.8, 4) is 0 Å². The van der Waals surface area contributed by atoms with Gasteiger partial charge in [-0.1, -0.05) is 29.3 Å². The van der Waals surface area contributed by atoms with Gasteiger partial charge in [0.1, 0.15) is 4.90 Å². The lowest BCUT2D eigenvalue weighted by Crippen LogP contribution is -2.44. The highest BCUT2D eigenvalue weighted by molar-refractivity contribution is 7.89. The number of fused-ring (bicyclic) bond motifs is 1. The van der Waals surface area contributed by atoms with Crippen LogP contribution in [0.2, 0.25) is 10.0 Å². The van der Waals surface area contributed by atoms with Gasteiger partial charge in [0.2, 0.25) is 10.0 Å². The number of nitrogens with zero attached hydrogens (tertiary/aromatic N) is 4. The van der Waals surface area contributed by atoms with Gasteiger partial charge in [-0.05, 0) is 43.4 Å². The van der Waals surface area contributed by atoms with Gasteiger partial charge in [-0.25, -0.2) is 8.42 Å². The van der Waals surface area contributed by atoms with E-state index in [4.69, 9.17) is 23.2 Å². The summed E-state index contributed by atoms with van der Waals surface area (Å²) in [6.07, 6.45) is 0. The van der Waals surface area contributed by atoms with Crippen LogP contribution in [0, 0.1) is 0 Å². The number of halogens is 2. The number of benzene rings is 2. The molecule has 184 valence electrons. The third-order valence-corrected chi connectivity index (χ3v) is 9.12. The third kappa shape index (κ3) is 4.64. The molecule has 0 saturated carbocycles. The van der Waals surface area contributed by atoms with Gasteiger partial charge in [0.25, 0.3) is 5.91 Å². The highest BCUT2D eigenvalue weighted by atomic mass is 35.5. The van der Waals surface area contributed by atoms with E-state index in [0.29, 0.717) is 22.6 Å². The number of aromatic nitrogens is 2. The van der Waals surface area contributed by atoms with E-state index in [1.54, 1.807) is 18.2 Å². The van der Waals surface area contributed by atoms with Crippen LogP contribution >= 0.6 is 23.2 Å². The van der Waals surface area contributed by atoms with Crippen molar-refractivity contribution < 1.29 is 13.2 Å². The van der Waals surface area contributed by atoms with Crippen molar-refractivity contribution in [3.63, 3.8) is 0 Å². The van der Waals surface area contributed by atoms with Gasteiger partial charge in [0, 0.05) is 49.5 Å². The van der Waals surface area contributed by atoms with Crippen LogP contribution in [0.3, 0.4) is 0 Å². The lowest BCUT2D eigenvalue weighted by molar-refractivity contribution is 0.102. The van der Waals surface area contributed by atoms with Crippen molar-refractivity contribution in [3.05, 3.63) is 69.3 Å². The predicted molar refractivity (Wildman–Crippen MR) is 136 cm³/mol. The van der Waals surface area contributed by atoms with Gasteiger partial charge in [-0.3, -0.25) is 9.89 Å². The normalized spacial score (nSPS) is 16.9. The number of piperazine rings is 1. The average Bonchev–Trinajstić information content (AvgIpc) is 3.42. The summed E-state index contributed by atoms with van der Waals surface area (Å²) < 4.78 is 27.7. The Morgan fingerprint density at radius 1 is 1.00 bits per heavy atom. The molecule has 1 amide bonds. The summed E-state index contributed by atoms with van der Waals surface area (Å²) >= 11 is 12.3. The maximum absolute atomic E-state index is 13.2. The standard InChI is InChI=1S/C23H24Cl2N6O3S/c1-29-9-11-30(12-10-29)16-7-5-15(6-8-16)23(32)26-22-17-13-31(14-20(17)27-28-22)35(33,34)21-18(24)3-2-4-19(21)25/h2-8H,9-14H2,1H3,(H2,26,27,28,32). The van der Waals surface area contributed by atoms with E-state index in [9.17, 15) is 13.2 Å². The molecule has 2 N–H and O–H groups in total.